The van der Waals surface area contributed by atoms with Gasteiger partial charge in [-0.05, 0) is 37.3 Å². The van der Waals surface area contributed by atoms with Crippen LogP contribution in [-0.2, 0) is 0 Å². The van der Waals surface area contributed by atoms with Crippen LogP contribution in [0.3, 0.4) is 0 Å². The molecule has 1 aliphatic carbocycles. The lowest BCUT2D eigenvalue weighted by molar-refractivity contribution is -0.313. The predicted octanol–water partition coefficient (Wildman–Crippen LogP) is 3.28. The average Bonchev–Trinajstić information content (AvgIpc) is 2.88. The summed E-state index contributed by atoms with van der Waals surface area (Å²) in [6, 6.07) is 5.27. The number of hydrogen-bond acceptors (Lipinski definition) is 4. The van der Waals surface area contributed by atoms with Gasteiger partial charge in [0, 0.05) is 5.71 Å². The highest BCUT2D eigenvalue weighted by atomic mass is 19.4. The van der Waals surface area contributed by atoms with Crippen LogP contribution in [0.25, 0.3) is 0 Å². The zero-order valence-corrected chi connectivity index (χ0v) is 13.6. The van der Waals surface area contributed by atoms with E-state index in [1.807, 2.05) is 6.92 Å². The van der Waals surface area contributed by atoms with Gasteiger partial charge in [-0.3, -0.25) is 4.79 Å². The van der Waals surface area contributed by atoms with Crippen molar-refractivity contribution >= 4 is 11.6 Å². The minimum absolute atomic E-state index is 0.0398. The highest BCUT2D eigenvalue weighted by Gasteiger charge is 2.69. The number of hydrazone groups is 1. The number of aromatic hydroxyl groups is 1. The number of nitrogens with zero attached hydrogens (tertiary/aromatic N) is 2. The van der Waals surface area contributed by atoms with Crippen molar-refractivity contribution in [2.45, 2.75) is 44.5 Å². The molecule has 2 aliphatic rings. The van der Waals surface area contributed by atoms with Crippen molar-refractivity contribution in [3.63, 3.8) is 0 Å². The Morgan fingerprint density at radius 1 is 1.40 bits per heavy atom. The summed E-state index contributed by atoms with van der Waals surface area (Å²) in [6.45, 7) is 1.89. The molecule has 0 spiro atoms. The van der Waals surface area contributed by atoms with Gasteiger partial charge in [-0.1, -0.05) is 25.5 Å². The van der Waals surface area contributed by atoms with Gasteiger partial charge in [0.1, 0.15) is 5.75 Å². The number of halogens is 3. The fourth-order valence-electron chi connectivity index (χ4n) is 3.64. The third-order valence-corrected chi connectivity index (χ3v) is 5.14. The Morgan fingerprint density at radius 2 is 2.08 bits per heavy atom. The van der Waals surface area contributed by atoms with Crippen LogP contribution < -0.4 is 0 Å². The smallest absolute Gasteiger partial charge is 0.439 e. The Bertz CT molecular complexity index is 719. The summed E-state index contributed by atoms with van der Waals surface area (Å²) in [5, 5.41) is 24.3. The molecule has 5 nitrogen and oxygen atoms in total. The second-order valence-corrected chi connectivity index (χ2v) is 6.55. The summed E-state index contributed by atoms with van der Waals surface area (Å²) < 4.78 is 41.4. The number of phenolic OH excluding ortho intramolecular Hbond substituents is 1. The number of hydrogen-bond donors (Lipinski definition) is 2. The molecule has 1 aromatic carbocycles. The number of rotatable bonds is 2. The highest BCUT2D eigenvalue weighted by Crippen LogP contribution is 2.50. The quantitative estimate of drug-likeness (QED) is 0.854. The van der Waals surface area contributed by atoms with E-state index in [1.54, 1.807) is 0 Å². The number of phenols is 1. The van der Waals surface area contributed by atoms with Gasteiger partial charge in [0.05, 0.1) is 11.5 Å². The number of amides is 1. The Kier molecular flexibility index (Phi) is 4.26. The molecule has 8 heteroatoms. The molecule has 1 heterocycles. The minimum Gasteiger partial charge on any atom is -0.507 e. The summed E-state index contributed by atoms with van der Waals surface area (Å²) >= 11 is 0. The molecule has 0 unspecified atom stereocenters. The summed E-state index contributed by atoms with van der Waals surface area (Å²) in [7, 11) is 0. The van der Waals surface area contributed by atoms with Crippen LogP contribution in [0, 0.1) is 11.8 Å². The first-order valence-electron chi connectivity index (χ1n) is 8.19. The Labute approximate surface area is 142 Å². The molecular weight excluding hydrogens is 337 g/mol. The van der Waals surface area contributed by atoms with Gasteiger partial charge in [-0.2, -0.15) is 23.3 Å². The largest absolute Gasteiger partial charge is 0.507 e. The molecule has 1 aromatic rings. The molecule has 1 aliphatic heterocycles. The van der Waals surface area contributed by atoms with Crippen LogP contribution in [0.4, 0.5) is 13.2 Å². The van der Waals surface area contributed by atoms with Crippen LogP contribution in [0.5, 0.6) is 5.75 Å². The maximum Gasteiger partial charge on any atom is 0.439 e. The van der Waals surface area contributed by atoms with E-state index in [1.165, 1.54) is 24.3 Å². The lowest BCUT2D eigenvalue weighted by atomic mass is 9.74. The lowest BCUT2D eigenvalue weighted by Gasteiger charge is -2.39. The minimum atomic E-state index is -5.07. The zero-order valence-electron chi connectivity index (χ0n) is 13.6. The van der Waals surface area contributed by atoms with Crippen LogP contribution >= 0.6 is 0 Å². The van der Waals surface area contributed by atoms with Crippen molar-refractivity contribution < 1.29 is 28.2 Å². The van der Waals surface area contributed by atoms with Gasteiger partial charge in [-0.15, -0.1) is 0 Å². The lowest BCUT2D eigenvalue weighted by Crippen LogP contribution is -2.61. The topological polar surface area (TPSA) is 73.1 Å². The maximum atomic E-state index is 13.8. The van der Waals surface area contributed by atoms with Crippen molar-refractivity contribution in [2.75, 3.05) is 0 Å². The summed E-state index contributed by atoms with van der Waals surface area (Å²) in [5.74, 6) is -2.87. The van der Waals surface area contributed by atoms with E-state index in [4.69, 9.17) is 0 Å². The molecule has 3 rings (SSSR count). The molecule has 1 amide bonds. The molecule has 0 radical (unpaired) electrons. The Morgan fingerprint density at radius 3 is 2.68 bits per heavy atom. The molecule has 2 N–H and O–H groups in total. The number of para-hydroxylation sites is 1. The van der Waals surface area contributed by atoms with E-state index in [0.717, 1.165) is 0 Å². The van der Waals surface area contributed by atoms with E-state index in [-0.39, 0.29) is 28.6 Å². The molecule has 0 aromatic heterocycles. The van der Waals surface area contributed by atoms with Crippen molar-refractivity contribution in [1.82, 2.24) is 5.01 Å². The standard InChI is InChI=1S/C17H19F3N2O3/c1-2-10-7-8-13-12(9-10)16(25,17(18,19)20)22(21-13)15(24)11-5-3-4-6-14(11)23/h3-6,10,12,23,25H,2,7-9H2,1H3/t10-,12+,16-/m1/s1. The van der Waals surface area contributed by atoms with Gasteiger partial charge < -0.3 is 10.2 Å². The first kappa shape index (κ1) is 17.7. The van der Waals surface area contributed by atoms with Crippen LogP contribution in [0.15, 0.2) is 29.4 Å². The summed E-state index contributed by atoms with van der Waals surface area (Å²) in [5.41, 5.74) is -3.54. The molecule has 136 valence electrons. The van der Waals surface area contributed by atoms with Crippen LogP contribution in [-0.4, -0.2) is 38.7 Å². The SMILES string of the molecule is CC[C@@H]1CCC2=NN(C(=O)c3ccccc3O)[C@](O)(C(F)(F)F)[C@H]2C1. The number of benzene rings is 1. The second-order valence-electron chi connectivity index (χ2n) is 6.55. The first-order valence-corrected chi connectivity index (χ1v) is 8.19. The van der Waals surface area contributed by atoms with Crippen molar-refractivity contribution in [3.8, 4) is 5.75 Å². The van der Waals surface area contributed by atoms with Gasteiger partial charge in [0.2, 0.25) is 0 Å². The number of fused-ring (bicyclic) bond motifs is 1. The second kappa shape index (κ2) is 6.01. The molecule has 25 heavy (non-hydrogen) atoms. The third kappa shape index (κ3) is 2.68. The van der Waals surface area contributed by atoms with E-state index in [0.29, 0.717) is 19.3 Å². The number of alkyl halides is 3. The zero-order chi connectivity index (χ0) is 18.4. The summed E-state index contributed by atoms with van der Waals surface area (Å²) in [4.78, 5) is 12.6. The number of carbonyl (C=O) groups is 1. The van der Waals surface area contributed by atoms with E-state index in [9.17, 15) is 28.2 Å². The highest BCUT2D eigenvalue weighted by molar-refractivity contribution is 6.01. The van der Waals surface area contributed by atoms with E-state index in [2.05, 4.69) is 5.10 Å². The normalized spacial score (nSPS) is 29.3. The van der Waals surface area contributed by atoms with Gasteiger partial charge in [-0.25, -0.2) is 0 Å². The third-order valence-electron chi connectivity index (χ3n) is 5.14. The average molecular weight is 356 g/mol. The Balaban J connectivity index is 2.05. The maximum absolute atomic E-state index is 13.8. The fourth-order valence-corrected chi connectivity index (χ4v) is 3.64. The van der Waals surface area contributed by atoms with Gasteiger partial charge >= 0.3 is 6.18 Å². The molecule has 1 fully saturated rings. The molecule has 3 atom stereocenters. The van der Waals surface area contributed by atoms with E-state index >= 15 is 0 Å². The van der Waals surface area contributed by atoms with Crippen molar-refractivity contribution in [3.05, 3.63) is 29.8 Å². The van der Waals surface area contributed by atoms with Crippen LogP contribution in [0.1, 0.15) is 43.0 Å². The van der Waals surface area contributed by atoms with Crippen molar-refractivity contribution in [1.29, 1.82) is 0 Å². The van der Waals surface area contributed by atoms with Crippen molar-refractivity contribution in [2.24, 2.45) is 16.9 Å². The van der Waals surface area contributed by atoms with Gasteiger partial charge in [0.25, 0.3) is 11.6 Å². The van der Waals surface area contributed by atoms with E-state index < -0.39 is 29.5 Å². The Hall–Kier alpha value is -2.09. The monoisotopic (exact) mass is 356 g/mol. The van der Waals surface area contributed by atoms with Gasteiger partial charge in [0.15, 0.2) is 0 Å². The molecular formula is C17H19F3N2O3. The fraction of sp³-hybridized carbons (Fsp3) is 0.529. The summed E-state index contributed by atoms with van der Waals surface area (Å²) in [6.07, 6.45) is -3.26. The molecule has 0 bridgehead atoms. The number of carbonyl (C=O) groups excluding carboxylic acids is 1. The predicted molar refractivity (Wildman–Crippen MR) is 83.8 cm³/mol. The molecule has 0 saturated heterocycles. The first-order chi connectivity index (χ1) is 11.7. The van der Waals surface area contributed by atoms with Crippen LogP contribution in [0.2, 0.25) is 0 Å². The number of aliphatic hydroxyl groups is 1. The molecule has 1 saturated carbocycles.